The van der Waals surface area contributed by atoms with Crippen LogP contribution in [0, 0.1) is 6.92 Å². The van der Waals surface area contributed by atoms with Crippen LogP contribution in [-0.4, -0.2) is 56.8 Å². The van der Waals surface area contributed by atoms with Gasteiger partial charge in [0.15, 0.2) is 0 Å². The Morgan fingerprint density at radius 3 is 2.73 bits per heavy atom. The van der Waals surface area contributed by atoms with Crippen LogP contribution in [-0.2, 0) is 13.6 Å². The molecule has 2 aromatic rings. The quantitative estimate of drug-likeness (QED) is 0.931. The van der Waals surface area contributed by atoms with Crippen LogP contribution in [0.15, 0.2) is 17.8 Å². The maximum atomic E-state index is 12.2. The van der Waals surface area contributed by atoms with E-state index >= 15 is 0 Å². The minimum absolute atomic E-state index is 0.0582. The van der Waals surface area contributed by atoms with Crippen LogP contribution >= 0.6 is 11.3 Å². The van der Waals surface area contributed by atoms with Gasteiger partial charge in [-0.05, 0) is 6.92 Å². The first-order valence-electron chi connectivity index (χ1n) is 7.28. The molecule has 1 aliphatic rings. The predicted molar refractivity (Wildman–Crippen MR) is 85.9 cm³/mol. The Kier molecular flexibility index (Phi) is 4.39. The topological polar surface area (TPSA) is 66.3 Å². The standard InChI is InChI=1S/C14H20N6OS/c1-11-16-13(10-22-11)9-19-3-5-20(6-4-19)14(21)17-12-7-15-18(2)8-12/h7-8,10H,3-6,9H2,1-2H3,(H,17,21). The maximum Gasteiger partial charge on any atom is 0.322 e. The third kappa shape index (κ3) is 3.63. The van der Waals surface area contributed by atoms with E-state index in [0.717, 1.165) is 49.1 Å². The van der Waals surface area contributed by atoms with E-state index in [-0.39, 0.29) is 6.03 Å². The number of nitrogens with one attached hydrogen (secondary N) is 1. The Balaban J connectivity index is 1.47. The molecule has 1 saturated heterocycles. The van der Waals surface area contributed by atoms with Crippen molar-refractivity contribution in [3.05, 3.63) is 28.5 Å². The number of carbonyl (C=O) groups excluding carboxylic acids is 1. The monoisotopic (exact) mass is 320 g/mol. The normalized spacial score (nSPS) is 16.0. The third-order valence-electron chi connectivity index (χ3n) is 3.67. The first-order chi connectivity index (χ1) is 10.6. The minimum atomic E-state index is -0.0582. The molecule has 0 bridgehead atoms. The zero-order chi connectivity index (χ0) is 15.5. The Morgan fingerprint density at radius 1 is 1.36 bits per heavy atom. The van der Waals surface area contributed by atoms with E-state index in [4.69, 9.17) is 0 Å². The summed E-state index contributed by atoms with van der Waals surface area (Å²) < 4.78 is 1.67. The van der Waals surface area contributed by atoms with E-state index in [1.54, 1.807) is 28.4 Å². The van der Waals surface area contributed by atoms with Crippen molar-refractivity contribution in [2.75, 3.05) is 31.5 Å². The highest BCUT2D eigenvalue weighted by atomic mass is 32.1. The molecule has 7 nitrogen and oxygen atoms in total. The van der Waals surface area contributed by atoms with Gasteiger partial charge in [0.2, 0.25) is 0 Å². The van der Waals surface area contributed by atoms with Crippen LogP contribution in [0.2, 0.25) is 0 Å². The van der Waals surface area contributed by atoms with E-state index < -0.39 is 0 Å². The van der Waals surface area contributed by atoms with Gasteiger partial charge in [0.25, 0.3) is 0 Å². The summed E-state index contributed by atoms with van der Waals surface area (Å²) in [4.78, 5) is 20.9. The van der Waals surface area contributed by atoms with E-state index in [9.17, 15) is 4.79 Å². The molecular formula is C14H20N6OS. The molecule has 118 valence electrons. The summed E-state index contributed by atoms with van der Waals surface area (Å²) >= 11 is 1.68. The smallest absolute Gasteiger partial charge is 0.322 e. The largest absolute Gasteiger partial charge is 0.322 e. The molecule has 22 heavy (non-hydrogen) atoms. The first kappa shape index (κ1) is 15.0. The molecule has 0 aromatic carbocycles. The summed E-state index contributed by atoms with van der Waals surface area (Å²) in [5.41, 5.74) is 1.85. The highest BCUT2D eigenvalue weighted by Gasteiger charge is 2.21. The number of hydrogen-bond donors (Lipinski definition) is 1. The fourth-order valence-electron chi connectivity index (χ4n) is 2.51. The molecule has 1 aliphatic heterocycles. The molecule has 0 atom stereocenters. The number of aromatic nitrogens is 3. The zero-order valence-electron chi connectivity index (χ0n) is 12.8. The molecule has 0 radical (unpaired) electrons. The zero-order valence-corrected chi connectivity index (χ0v) is 13.6. The SMILES string of the molecule is Cc1nc(CN2CCN(C(=O)Nc3cnn(C)c3)CC2)cs1. The second-order valence-corrected chi connectivity index (χ2v) is 6.52. The van der Waals surface area contributed by atoms with Crippen LogP contribution in [0.25, 0.3) is 0 Å². The lowest BCUT2D eigenvalue weighted by Gasteiger charge is -2.34. The Morgan fingerprint density at radius 2 is 2.14 bits per heavy atom. The fraction of sp³-hybridized carbons (Fsp3) is 0.500. The number of aryl methyl sites for hydroxylation is 2. The predicted octanol–water partition coefficient (Wildman–Crippen LogP) is 1.53. The van der Waals surface area contributed by atoms with E-state index in [0.29, 0.717) is 0 Å². The Labute approximate surface area is 133 Å². The molecule has 3 heterocycles. The first-order valence-corrected chi connectivity index (χ1v) is 8.16. The van der Waals surface area contributed by atoms with Gasteiger partial charge < -0.3 is 10.2 Å². The lowest BCUT2D eigenvalue weighted by Crippen LogP contribution is -2.49. The van der Waals surface area contributed by atoms with Gasteiger partial charge >= 0.3 is 6.03 Å². The van der Waals surface area contributed by atoms with Gasteiger partial charge in [-0.25, -0.2) is 9.78 Å². The molecular weight excluding hydrogens is 300 g/mol. The number of nitrogens with zero attached hydrogens (tertiary/aromatic N) is 5. The number of hydrogen-bond acceptors (Lipinski definition) is 5. The van der Waals surface area contributed by atoms with Gasteiger partial charge in [-0.15, -0.1) is 11.3 Å². The Bertz CT molecular complexity index is 643. The maximum absolute atomic E-state index is 12.2. The summed E-state index contributed by atoms with van der Waals surface area (Å²) in [6.45, 7) is 6.09. The molecule has 8 heteroatoms. The second-order valence-electron chi connectivity index (χ2n) is 5.45. The van der Waals surface area contributed by atoms with Crippen molar-refractivity contribution < 1.29 is 4.79 Å². The summed E-state index contributed by atoms with van der Waals surface area (Å²) in [6, 6.07) is -0.0582. The number of thiazole rings is 1. The van der Waals surface area contributed by atoms with Crippen molar-refractivity contribution in [3.8, 4) is 0 Å². The number of urea groups is 1. The van der Waals surface area contributed by atoms with Crippen molar-refractivity contribution >= 4 is 23.1 Å². The molecule has 0 saturated carbocycles. The number of piperazine rings is 1. The summed E-state index contributed by atoms with van der Waals surface area (Å²) in [5.74, 6) is 0. The number of anilines is 1. The highest BCUT2D eigenvalue weighted by molar-refractivity contribution is 7.09. The number of rotatable bonds is 3. The molecule has 2 amide bonds. The van der Waals surface area contributed by atoms with Crippen LogP contribution < -0.4 is 5.32 Å². The van der Waals surface area contributed by atoms with Crippen LogP contribution in [0.1, 0.15) is 10.7 Å². The van der Waals surface area contributed by atoms with Crippen LogP contribution in [0.3, 0.4) is 0 Å². The Hall–Kier alpha value is -1.93. The highest BCUT2D eigenvalue weighted by Crippen LogP contribution is 2.13. The number of amides is 2. The molecule has 0 aliphatic carbocycles. The number of carbonyl (C=O) groups is 1. The average molecular weight is 320 g/mol. The van der Waals surface area contributed by atoms with Gasteiger partial charge in [-0.3, -0.25) is 9.58 Å². The van der Waals surface area contributed by atoms with Gasteiger partial charge in [0.1, 0.15) is 0 Å². The molecule has 1 N–H and O–H groups in total. The second kappa shape index (κ2) is 6.45. The molecule has 0 spiro atoms. The fourth-order valence-corrected chi connectivity index (χ4v) is 3.11. The minimum Gasteiger partial charge on any atom is -0.322 e. The molecule has 1 fully saturated rings. The van der Waals surface area contributed by atoms with Gasteiger partial charge in [-0.2, -0.15) is 5.10 Å². The summed E-state index contributed by atoms with van der Waals surface area (Å²) in [5, 5.41) is 10.1. The lowest BCUT2D eigenvalue weighted by molar-refractivity contribution is 0.142. The molecule has 3 rings (SSSR count). The van der Waals surface area contributed by atoms with Crippen LogP contribution in [0.5, 0.6) is 0 Å². The van der Waals surface area contributed by atoms with Crippen LogP contribution in [0.4, 0.5) is 10.5 Å². The van der Waals surface area contributed by atoms with E-state index in [1.165, 1.54) is 0 Å². The van der Waals surface area contributed by atoms with Gasteiger partial charge in [0.05, 0.1) is 22.6 Å². The van der Waals surface area contributed by atoms with Crippen molar-refractivity contribution in [1.29, 1.82) is 0 Å². The molecule has 0 unspecified atom stereocenters. The van der Waals surface area contributed by atoms with Crippen molar-refractivity contribution in [2.24, 2.45) is 7.05 Å². The molecule has 2 aromatic heterocycles. The van der Waals surface area contributed by atoms with E-state index in [1.807, 2.05) is 18.9 Å². The average Bonchev–Trinajstić information content (AvgIpc) is 3.08. The van der Waals surface area contributed by atoms with Gasteiger partial charge in [-0.1, -0.05) is 0 Å². The van der Waals surface area contributed by atoms with Crippen molar-refractivity contribution in [3.63, 3.8) is 0 Å². The summed E-state index contributed by atoms with van der Waals surface area (Å²) in [6.07, 6.45) is 3.44. The third-order valence-corrected chi connectivity index (χ3v) is 4.49. The van der Waals surface area contributed by atoms with Crippen molar-refractivity contribution in [1.82, 2.24) is 24.6 Å². The van der Waals surface area contributed by atoms with E-state index in [2.05, 4.69) is 25.7 Å². The summed E-state index contributed by atoms with van der Waals surface area (Å²) in [7, 11) is 1.83. The van der Waals surface area contributed by atoms with Crippen molar-refractivity contribution in [2.45, 2.75) is 13.5 Å². The van der Waals surface area contributed by atoms with Gasteiger partial charge in [0, 0.05) is 51.3 Å². The lowest BCUT2D eigenvalue weighted by atomic mass is 10.3.